The van der Waals surface area contributed by atoms with Gasteiger partial charge in [-0.3, -0.25) is 0 Å². The van der Waals surface area contributed by atoms with Gasteiger partial charge >= 0.3 is 0 Å². The van der Waals surface area contributed by atoms with Gasteiger partial charge in [-0.15, -0.1) is 0 Å². The van der Waals surface area contributed by atoms with Crippen LogP contribution in [0.5, 0.6) is 0 Å². The van der Waals surface area contributed by atoms with Gasteiger partial charge in [0, 0.05) is 18.5 Å². The van der Waals surface area contributed by atoms with Crippen molar-refractivity contribution in [3.8, 4) is 0 Å². The number of anilines is 1. The van der Waals surface area contributed by atoms with Crippen molar-refractivity contribution < 1.29 is 13.5 Å². The van der Waals surface area contributed by atoms with Crippen molar-refractivity contribution in [2.45, 2.75) is 17.9 Å². The molecule has 2 aromatic rings. The van der Waals surface area contributed by atoms with E-state index in [-0.39, 0.29) is 11.5 Å². The second kappa shape index (κ2) is 5.35. The molecule has 1 unspecified atom stereocenters. The maximum atomic E-state index is 12.4. The lowest BCUT2D eigenvalue weighted by molar-refractivity contribution is 0.214. The Hall–Kier alpha value is -1.70. The quantitative estimate of drug-likeness (QED) is 0.870. The van der Waals surface area contributed by atoms with Crippen LogP contribution in [0.1, 0.15) is 6.92 Å². The fourth-order valence-corrected chi connectivity index (χ4v) is 3.19. The third-order valence-corrected chi connectivity index (χ3v) is 5.21. The molecule has 1 aromatic carbocycles. The van der Waals surface area contributed by atoms with E-state index < -0.39 is 16.1 Å². The molecule has 0 fully saturated rings. The summed E-state index contributed by atoms with van der Waals surface area (Å²) >= 11 is 0. The number of fused-ring (bicyclic) bond motifs is 1. The molecule has 0 bridgehead atoms. The maximum absolute atomic E-state index is 12.4. The number of benzene rings is 1. The Bertz CT molecular complexity index is 731. The van der Waals surface area contributed by atoms with Crippen LogP contribution in [0.15, 0.2) is 35.2 Å². The highest BCUT2D eigenvalue weighted by Crippen LogP contribution is 2.22. The zero-order valence-corrected chi connectivity index (χ0v) is 12.1. The van der Waals surface area contributed by atoms with Crippen LogP contribution in [0.25, 0.3) is 10.9 Å². The van der Waals surface area contributed by atoms with E-state index in [1.54, 1.807) is 31.2 Å². The number of nitrogen functional groups attached to an aromatic ring is 1. The summed E-state index contributed by atoms with van der Waals surface area (Å²) in [5.74, 6) is 0.388. The third-order valence-electron chi connectivity index (χ3n) is 3.24. The number of nitrogens with zero attached hydrogens (tertiary/aromatic N) is 2. The Balaban J connectivity index is 2.50. The lowest BCUT2D eigenvalue weighted by Gasteiger charge is -2.22. The van der Waals surface area contributed by atoms with E-state index in [1.165, 1.54) is 13.1 Å². The normalized spacial score (nSPS) is 13.8. The van der Waals surface area contributed by atoms with Gasteiger partial charge in [0.15, 0.2) is 0 Å². The summed E-state index contributed by atoms with van der Waals surface area (Å²) < 4.78 is 26.0. The molecule has 0 radical (unpaired) electrons. The molecule has 7 heteroatoms. The molecule has 108 valence electrons. The molecule has 0 saturated carbocycles. The second-order valence-electron chi connectivity index (χ2n) is 4.64. The molecule has 0 aliphatic heterocycles. The predicted molar refractivity (Wildman–Crippen MR) is 77.7 cm³/mol. The molecule has 1 aromatic heterocycles. The molecule has 0 saturated heterocycles. The summed E-state index contributed by atoms with van der Waals surface area (Å²) in [6, 6.07) is 7.53. The predicted octanol–water partition coefficient (Wildman–Crippen LogP) is 0.818. The summed E-state index contributed by atoms with van der Waals surface area (Å²) in [5.41, 5.74) is 6.23. The molecule has 2 rings (SSSR count). The number of nitrogens with two attached hydrogens (primary N) is 1. The van der Waals surface area contributed by atoms with Gasteiger partial charge in [0.25, 0.3) is 0 Å². The van der Waals surface area contributed by atoms with E-state index >= 15 is 0 Å². The average Bonchev–Trinajstić information content (AvgIpc) is 2.44. The van der Waals surface area contributed by atoms with Gasteiger partial charge in [0.1, 0.15) is 5.82 Å². The smallest absolute Gasteiger partial charge is 0.243 e. The summed E-state index contributed by atoms with van der Waals surface area (Å²) in [7, 11) is -2.19. The SMILES string of the molecule is CC(CO)N(C)S(=O)(=O)c1ccc2nc(N)ccc2c1. The molecule has 0 aliphatic carbocycles. The number of aromatic nitrogens is 1. The Labute approximate surface area is 117 Å². The van der Waals surface area contributed by atoms with Crippen LogP contribution in [0, 0.1) is 0 Å². The van der Waals surface area contributed by atoms with Gasteiger partial charge in [0.05, 0.1) is 17.0 Å². The zero-order chi connectivity index (χ0) is 14.9. The summed E-state index contributed by atoms with van der Waals surface area (Å²) in [5, 5.41) is 9.79. The summed E-state index contributed by atoms with van der Waals surface area (Å²) in [6.45, 7) is 1.41. The van der Waals surface area contributed by atoms with Gasteiger partial charge in [0.2, 0.25) is 10.0 Å². The lowest BCUT2D eigenvalue weighted by Crippen LogP contribution is -2.37. The highest BCUT2D eigenvalue weighted by Gasteiger charge is 2.25. The van der Waals surface area contributed by atoms with E-state index in [0.29, 0.717) is 16.7 Å². The Kier molecular flexibility index (Phi) is 3.94. The first-order valence-corrected chi connectivity index (χ1v) is 7.55. The number of hydrogen-bond donors (Lipinski definition) is 2. The zero-order valence-electron chi connectivity index (χ0n) is 11.3. The van der Waals surface area contributed by atoms with Crippen LogP contribution < -0.4 is 5.73 Å². The van der Waals surface area contributed by atoms with Gasteiger partial charge in [-0.05, 0) is 37.3 Å². The summed E-state index contributed by atoms with van der Waals surface area (Å²) in [4.78, 5) is 4.29. The minimum absolute atomic E-state index is 0.166. The van der Waals surface area contributed by atoms with E-state index in [0.717, 1.165) is 4.31 Å². The van der Waals surface area contributed by atoms with Crippen LogP contribution in [0.2, 0.25) is 0 Å². The number of aliphatic hydroxyl groups excluding tert-OH is 1. The molecule has 1 heterocycles. The molecular weight excluding hydrogens is 278 g/mol. The van der Waals surface area contributed by atoms with E-state index in [2.05, 4.69) is 4.98 Å². The largest absolute Gasteiger partial charge is 0.395 e. The molecular formula is C13H17N3O3S. The molecule has 3 N–H and O–H groups in total. The Morgan fingerprint density at radius 2 is 2.05 bits per heavy atom. The van der Waals surface area contributed by atoms with Crippen LogP contribution in [-0.2, 0) is 10.0 Å². The molecule has 0 amide bonds. The van der Waals surface area contributed by atoms with Crippen molar-refractivity contribution in [1.82, 2.24) is 9.29 Å². The highest BCUT2D eigenvalue weighted by atomic mass is 32.2. The number of sulfonamides is 1. The first kappa shape index (κ1) is 14.7. The van der Waals surface area contributed by atoms with Crippen molar-refractivity contribution in [3.63, 3.8) is 0 Å². The second-order valence-corrected chi connectivity index (χ2v) is 6.64. The number of aliphatic hydroxyl groups is 1. The third kappa shape index (κ3) is 2.60. The van der Waals surface area contributed by atoms with Crippen molar-refractivity contribution in [3.05, 3.63) is 30.3 Å². The number of pyridine rings is 1. The monoisotopic (exact) mass is 295 g/mol. The number of rotatable bonds is 4. The first-order chi connectivity index (χ1) is 9.36. The standard InChI is InChI=1S/C13H17N3O3S/c1-9(8-17)16(2)20(18,19)11-4-5-12-10(7-11)3-6-13(14)15-12/h3-7,9,17H,8H2,1-2H3,(H2,14,15). The Morgan fingerprint density at radius 3 is 2.70 bits per heavy atom. The summed E-state index contributed by atoms with van der Waals surface area (Å²) in [6.07, 6.45) is 0. The van der Waals surface area contributed by atoms with Crippen molar-refractivity contribution in [1.29, 1.82) is 0 Å². The molecule has 6 nitrogen and oxygen atoms in total. The fraction of sp³-hybridized carbons (Fsp3) is 0.308. The highest BCUT2D eigenvalue weighted by molar-refractivity contribution is 7.89. The van der Waals surface area contributed by atoms with Gasteiger partial charge in [-0.2, -0.15) is 4.31 Å². The van der Waals surface area contributed by atoms with Crippen LogP contribution in [0.3, 0.4) is 0 Å². The van der Waals surface area contributed by atoms with Crippen LogP contribution in [0.4, 0.5) is 5.82 Å². The van der Waals surface area contributed by atoms with Crippen LogP contribution >= 0.6 is 0 Å². The average molecular weight is 295 g/mol. The maximum Gasteiger partial charge on any atom is 0.243 e. The van der Waals surface area contributed by atoms with Crippen LogP contribution in [-0.4, -0.2) is 42.5 Å². The molecule has 20 heavy (non-hydrogen) atoms. The minimum atomic E-state index is -3.64. The van der Waals surface area contributed by atoms with Gasteiger partial charge in [-0.1, -0.05) is 0 Å². The van der Waals surface area contributed by atoms with Crippen molar-refractivity contribution in [2.75, 3.05) is 19.4 Å². The van der Waals surface area contributed by atoms with E-state index in [1.807, 2.05) is 0 Å². The molecule has 0 spiro atoms. The molecule has 0 aliphatic rings. The molecule has 1 atom stereocenters. The van der Waals surface area contributed by atoms with Gasteiger partial charge < -0.3 is 10.8 Å². The van der Waals surface area contributed by atoms with Crippen molar-refractivity contribution >= 4 is 26.7 Å². The van der Waals surface area contributed by atoms with Crippen molar-refractivity contribution in [2.24, 2.45) is 0 Å². The number of hydrogen-bond acceptors (Lipinski definition) is 5. The Morgan fingerprint density at radius 1 is 1.35 bits per heavy atom. The number of likely N-dealkylation sites (N-methyl/N-ethyl adjacent to an activating group) is 1. The fourth-order valence-electron chi connectivity index (χ4n) is 1.80. The minimum Gasteiger partial charge on any atom is -0.395 e. The van der Waals surface area contributed by atoms with Gasteiger partial charge in [-0.25, -0.2) is 13.4 Å². The lowest BCUT2D eigenvalue weighted by atomic mass is 10.2. The topological polar surface area (TPSA) is 96.5 Å². The van der Waals surface area contributed by atoms with E-state index in [9.17, 15) is 8.42 Å². The van der Waals surface area contributed by atoms with E-state index in [4.69, 9.17) is 10.8 Å². The first-order valence-electron chi connectivity index (χ1n) is 6.11.